The van der Waals surface area contributed by atoms with Gasteiger partial charge in [-0.25, -0.2) is 4.79 Å². The molecule has 1 heterocycles. The van der Waals surface area contributed by atoms with E-state index in [9.17, 15) is 15.0 Å². The number of hydrogen-bond acceptors (Lipinski definition) is 5. The lowest BCUT2D eigenvalue weighted by molar-refractivity contribution is -0.0173. The Balaban J connectivity index is 3.11. The highest BCUT2D eigenvalue weighted by molar-refractivity contribution is 5.92. The highest BCUT2D eigenvalue weighted by Gasteiger charge is 2.26. The summed E-state index contributed by atoms with van der Waals surface area (Å²) in [5.74, 6) is -0.472. The van der Waals surface area contributed by atoms with Crippen molar-refractivity contribution < 1.29 is 24.9 Å². The maximum Gasteiger partial charge on any atom is 0.340 e. The molecule has 18 heavy (non-hydrogen) atoms. The standard InChI is InChI=1S/C12H19NO5/c1-4-18-12(17)9-6(2)10(13-7(9)3)11(16)8(15)5-14/h8,11,13-16H,4-5H2,1-3H3. The van der Waals surface area contributed by atoms with Crippen molar-refractivity contribution in [1.29, 1.82) is 0 Å². The summed E-state index contributed by atoms with van der Waals surface area (Å²) in [5, 5.41) is 28.0. The number of aromatic nitrogens is 1. The van der Waals surface area contributed by atoms with Crippen LogP contribution in [0.5, 0.6) is 0 Å². The molecular formula is C12H19NO5. The number of rotatable bonds is 5. The smallest absolute Gasteiger partial charge is 0.340 e. The number of aliphatic hydroxyl groups excluding tert-OH is 3. The van der Waals surface area contributed by atoms with Gasteiger partial charge >= 0.3 is 5.97 Å². The van der Waals surface area contributed by atoms with Crippen molar-refractivity contribution in [3.8, 4) is 0 Å². The minimum absolute atomic E-state index is 0.264. The molecule has 2 unspecified atom stereocenters. The minimum atomic E-state index is -1.29. The number of carbonyl (C=O) groups is 1. The summed E-state index contributed by atoms with van der Waals surface area (Å²) in [4.78, 5) is 14.6. The van der Waals surface area contributed by atoms with Gasteiger partial charge < -0.3 is 25.0 Å². The van der Waals surface area contributed by atoms with Crippen LogP contribution in [0.4, 0.5) is 0 Å². The van der Waals surface area contributed by atoms with Crippen molar-refractivity contribution in [2.24, 2.45) is 0 Å². The van der Waals surface area contributed by atoms with Gasteiger partial charge in [0.25, 0.3) is 0 Å². The number of esters is 1. The molecule has 1 aromatic heterocycles. The average molecular weight is 257 g/mol. The Bertz CT molecular complexity index is 426. The van der Waals surface area contributed by atoms with Crippen molar-refractivity contribution >= 4 is 5.97 Å². The number of aromatic amines is 1. The Morgan fingerprint density at radius 1 is 1.39 bits per heavy atom. The normalized spacial score (nSPS) is 14.3. The topological polar surface area (TPSA) is 103 Å². The third kappa shape index (κ3) is 2.72. The maximum atomic E-state index is 11.7. The highest BCUT2D eigenvalue weighted by Crippen LogP contribution is 2.25. The highest BCUT2D eigenvalue weighted by atomic mass is 16.5. The molecule has 0 spiro atoms. The Morgan fingerprint density at radius 3 is 2.50 bits per heavy atom. The third-order valence-corrected chi connectivity index (χ3v) is 2.80. The molecule has 0 fully saturated rings. The molecule has 6 nitrogen and oxygen atoms in total. The molecule has 0 saturated heterocycles. The van der Waals surface area contributed by atoms with Gasteiger partial charge in [-0.1, -0.05) is 0 Å². The SMILES string of the molecule is CCOC(=O)c1c(C)[nH]c(C(O)C(O)CO)c1C. The van der Waals surface area contributed by atoms with E-state index in [1.54, 1.807) is 20.8 Å². The van der Waals surface area contributed by atoms with E-state index < -0.39 is 24.8 Å². The van der Waals surface area contributed by atoms with Gasteiger partial charge in [0, 0.05) is 5.69 Å². The van der Waals surface area contributed by atoms with E-state index in [2.05, 4.69) is 4.98 Å². The summed E-state index contributed by atoms with van der Waals surface area (Å²) in [5.41, 5.74) is 1.75. The molecule has 1 aromatic rings. The Morgan fingerprint density at radius 2 is 2.00 bits per heavy atom. The summed E-state index contributed by atoms with van der Waals surface area (Å²) >= 11 is 0. The maximum absolute atomic E-state index is 11.7. The van der Waals surface area contributed by atoms with Crippen LogP contribution in [0.2, 0.25) is 0 Å². The van der Waals surface area contributed by atoms with Crippen molar-refractivity contribution in [1.82, 2.24) is 4.98 Å². The number of nitrogens with one attached hydrogen (secondary N) is 1. The first-order valence-corrected chi connectivity index (χ1v) is 5.77. The lowest BCUT2D eigenvalue weighted by atomic mass is 10.0. The number of ether oxygens (including phenoxy) is 1. The molecule has 0 bridgehead atoms. The van der Waals surface area contributed by atoms with Gasteiger partial charge in [-0.15, -0.1) is 0 Å². The van der Waals surface area contributed by atoms with Crippen LogP contribution in [0.15, 0.2) is 0 Å². The molecule has 0 amide bonds. The molecule has 2 atom stereocenters. The van der Waals surface area contributed by atoms with Crippen molar-refractivity contribution in [2.45, 2.75) is 33.0 Å². The first-order valence-electron chi connectivity index (χ1n) is 5.77. The van der Waals surface area contributed by atoms with E-state index in [1.807, 2.05) is 0 Å². The van der Waals surface area contributed by atoms with Gasteiger partial charge in [0.2, 0.25) is 0 Å². The summed E-state index contributed by atoms with van der Waals surface area (Å²) in [6.45, 7) is 4.74. The largest absolute Gasteiger partial charge is 0.462 e. The number of aliphatic hydroxyl groups is 3. The van der Waals surface area contributed by atoms with E-state index in [-0.39, 0.29) is 6.61 Å². The van der Waals surface area contributed by atoms with E-state index in [1.165, 1.54) is 0 Å². The van der Waals surface area contributed by atoms with Crippen molar-refractivity contribution in [2.75, 3.05) is 13.2 Å². The first-order chi connectivity index (χ1) is 8.43. The molecule has 0 radical (unpaired) electrons. The molecule has 4 N–H and O–H groups in total. The fraction of sp³-hybridized carbons (Fsp3) is 0.583. The van der Waals surface area contributed by atoms with Gasteiger partial charge in [-0.05, 0) is 26.3 Å². The monoisotopic (exact) mass is 257 g/mol. The Labute approximate surface area is 105 Å². The number of aryl methyl sites for hydroxylation is 1. The molecule has 0 aliphatic rings. The minimum Gasteiger partial charge on any atom is -0.462 e. The van der Waals surface area contributed by atoms with Crippen LogP contribution in [0, 0.1) is 13.8 Å². The van der Waals surface area contributed by atoms with E-state index in [0.29, 0.717) is 22.5 Å². The molecule has 0 saturated carbocycles. The fourth-order valence-corrected chi connectivity index (χ4v) is 1.87. The van der Waals surface area contributed by atoms with E-state index >= 15 is 0 Å². The van der Waals surface area contributed by atoms with Crippen LogP contribution in [0.3, 0.4) is 0 Å². The molecular weight excluding hydrogens is 238 g/mol. The first kappa shape index (κ1) is 14.7. The second kappa shape index (κ2) is 5.99. The summed E-state index contributed by atoms with van der Waals surface area (Å²) in [6, 6.07) is 0. The third-order valence-electron chi connectivity index (χ3n) is 2.80. The van der Waals surface area contributed by atoms with Crippen LogP contribution in [-0.2, 0) is 4.74 Å². The second-order valence-electron chi connectivity index (χ2n) is 4.08. The zero-order chi connectivity index (χ0) is 13.9. The predicted molar refractivity (Wildman–Crippen MR) is 64.3 cm³/mol. The van der Waals surface area contributed by atoms with Crippen molar-refractivity contribution in [3.05, 3.63) is 22.5 Å². The number of carbonyl (C=O) groups excluding carboxylic acids is 1. The molecule has 1 rings (SSSR count). The summed E-state index contributed by atoms with van der Waals surface area (Å²) in [7, 11) is 0. The lowest BCUT2D eigenvalue weighted by Crippen LogP contribution is -2.23. The molecule has 0 aliphatic carbocycles. The van der Waals surface area contributed by atoms with E-state index in [4.69, 9.17) is 9.84 Å². The Kier molecular flexibility index (Phi) is 4.89. The zero-order valence-electron chi connectivity index (χ0n) is 10.7. The van der Waals surface area contributed by atoms with Gasteiger partial charge in [-0.3, -0.25) is 0 Å². The molecule has 0 aromatic carbocycles. The average Bonchev–Trinajstić information content (AvgIpc) is 2.63. The second-order valence-corrected chi connectivity index (χ2v) is 4.08. The van der Waals surface area contributed by atoms with Crippen LogP contribution < -0.4 is 0 Å². The number of H-pyrrole nitrogens is 1. The molecule has 0 aliphatic heterocycles. The predicted octanol–water partition coefficient (Wildman–Crippen LogP) is 0.195. The van der Waals surface area contributed by atoms with Crippen LogP contribution >= 0.6 is 0 Å². The van der Waals surface area contributed by atoms with E-state index in [0.717, 1.165) is 0 Å². The Hall–Kier alpha value is -1.37. The van der Waals surface area contributed by atoms with Gasteiger partial charge in [-0.2, -0.15) is 0 Å². The van der Waals surface area contributed by atoms with Crippen LogP contribution in [-0.4, -0.2) is 45.6 Å². The van der Waals surface area contributed by atoms with Gasteiger partial charge in [0.15, 0.2) is 0 Å². The zero-order valence-corrected chi connectivity index (χ0v) is 10.7. The van der Waals surface area contributed by atoms with Gasteiger partial charge in [0.1, 0.15) is 12.2 Å². The summed E-state index contributed by atoms with van der Waals surface area (Å²) in [6.07, 6.45) is -2.56. The summed E-state index contributed by atoms with van der Waals surface area (Å²) < 4.78 is 4.92. The fourth-order valence-electron chi connectivity index (χ4n) is 1.87. The molecule has 102 valence electrons. The quantitative estimate of drug-likeness (QED) is 0.564. The molecule has 6 heteroatoms. The van der Waals surface area contributed by atoms with Crippen LogP contribution in [0.25, 0.3) is 0 Å². The number of hydrogen-bond donors (Lipinski definition) is 4. The van der Waals surface area contributed by atoms with Crippen molar-refractivity contribution in [3.63, 3.8) is 0 Å². The van der Waals surface area contributed by atoms with Crippen LogP contribution in [0.1, 0.15) is 40.3 Å². The lowest BCUT2D eigenvalue weighted by Gasteiger charge is -2.15. The van der Waals surface area contributed by atoms with Gasteiger partial charge in [0.05, 0.1) is 24.5 Å².